The first kappa shape index (κ1) is 18.4. The highest BCUT2D eigenvalue weighted by Crippen LogP contribution is 2.27. The molecule has 0 saturated carbocycles. The van der Waals surface area contributed by atoms with Crippen molar-refractivity contribution in [2.45, 2.75) is 18.6 Å². The number of hydrogen-bond donors (Lipinski definition) is 1. The molecule has 2 aromatic rings. The van der Waals surface area contributed by atoms with Crippen LogP contribution in [-0.2, 0) is 4.74 Å². The van der Waals surface area contributed by atoms with Crippen LogP contribution in [0.4, 0.5) is 5.69 Å². The summed E-state index contributed by atoms with van der Waals surface area (Å²) in [7, 11) is 3.44. The van der Waals surface area contributed by atoms with Crippen molar-refractivity contribution in [2.24, 2.45) is 0 Å². The minimum absolute atomic E-state index is 0.207. The van der Waals surface area contributed by atoms with Crippen LogP contribution in [0.5, 0.6) is 0 Å². The van der Waals surface area contributed by atoms with Gasteiger partial charge in [-0.25, -0.2) is 4.79 Å². The fraction of sp³-hybridized carbons (Fsp3) is 0.381. The van der Waals surface area contributed by atoms with E-state index in [0.29, 0.717) is 12.1 Å². The number of rotatable bonds is 6. The van der Waals surface area contributed by atoms with Gasteiger partial charge in [0, 0.05) is 32.4 Å². The maximum atomic E-state index is 11.6. The number of likely N-dealkylation sites (tertiary alicyclic amines) is 1. The molecule has 5 nitrogen and oxygen atoms in total. The largest absolute Gasteiger partial charge is 0.465 e. The summed E-state index contributed by atoms with van der Waals surface area (Å²) in [5, 5.41) is 9.95. The van der Waals surface area contributed by atoms with E-state index >= 15 is 0 Å². The van der Waals surface area contributed by atoms with Gasteiger partial charge in [-0.05, 0) is 36.2 Å². The second-order valence-electron chi connectivity index (χ2n) is 6.78. The Labute approximate surface area is 154 Å². The number of nitrogens with zero attached hydrogens (tertiary/aromatic N) is 2. The molecule has 0 aromatic heterocycles. The molecule has 1 heterocycles. The molecule has 0 bridgehead atoms. The monoisotopic (exact) mass is 354 g/mol. The number of esters is 1. The van der Waals surface area contributed by atoms with E-state index in [1.54, 1.807) is 12.1 Å². The highest BCUT2D eigenvalue weighted by Gasteiger charge is 2.29. The number of β-amino-alcohol motifs (C(OH)–C–C–N with tert-alkyl or cyclic N) is 1. The molecule has 26 heavy (non-hydrogen) atoms. The number of aliphatic hydroxyl groups is 1. The molecule has 1 fully saturated rings. The van der Waals surface area contributed by atoms with Crippen LogP contribution in [0.3, 0.4) is 0 Å². The summed E-state index contributed by atoms with van der Waals surface area (Å²) in [5.41, 5.74) is 2.84. The van der Waals surface area contributed by atoms with Crippen molar-refractivity contribution in [3.8, 4) is 0 Å². The van der Waals surface area contributed by atoms with Gasteiger partial charge < -0.3 is 14.7 Å². The third kappa shape index (κ3) is 4.23. The fourth-order valence-electron chi connectivity index (χ4n) is 3.49. The second kappa shape index (κ2) is 8.34. The zero-order valence-electron chi connectivity index (χ0n) is 15.3. The van der Waals surface area contributed by atoms with Crippen LogP contribution < -0.4 is 4.90 Å². The summed E-state index contributed by atoms with van der Waals surface area (Å²) in [6.45, 7) is 2.40. The van der Waals surface area contributed by atoms with E-state index < -0.39 is 0 Å². The summed E-state index contributed by atoms with van der Waals surface area (Å²) in [6.07, 6.45) is 0.576. The highest BCUT2D eigenvalue weighted by atomic mass is 16.5. The Hall–Kier alpha value is -2.37. The molecule has 0 unspecified atom stereocenters. The number of methoxy groups -OCH3 is 1. The number of benzene rings is 2. The van der Waals surface area contributed by atoms with Crippen LogP contribution in [0.2, 0.25) is 0 Å². The third-order valence-corrected chi connectivity index (χ3v) is 5.00. The molecule has 138 valence electrons. The van der Waals surface area contributed by atoms with Gasteiger partial charge in [0.05, 0.1) is 24.8 Å². The van der Waals surface area contributed by atoms with Crippen LogP contribution in [-0.4, -0.2) is 55.9 Å². The van der Waals surface area contributed by atoms with Crippen molar-refractivity contribution in [3.63, 3.8) is 0 Å². The Morgan fingerprint density at radius 1 is 1.23 bits per heavy atom. The van der Waals surface area contributed by atoms with Gasteiger partial charge in [0.25, 0.3) is 0 Å². The van der Waals surface area contributed by atoms with Crippen LogP contribution in [0.1, 0.15) is 28.4 Å². The lowest BCUT2D eigenvalue weighted by Gasteiger charge is -2.33. The molecule has 1 aliphatic heterocycles. The summed E-state index contributed by atoms with van der Waals surface area (Å²) in [6, 6.07) is 18.1. The smallest absolute Gasteiger partial charge is 0.337 e. The summed E-state index contributed by atoms with van der Waals surface area (Å²) < 4.78 is 4.75. The summed E-state index contributed by atoms with van der Waals surface area (Å²) >= 11 is 0. The summed E-state index contributed by atoms with van der Waals surface area (Å²) in [5.74, 6) is -0.326. The van der Waals surface area contributed by atoms with Crippen molar-refractivity contribution in [1.29, 1.82) is 0 Å². The van der Waals surface area contributed by atoms with Gasteiger partial charge in [-0.15, -0.1) is 0 Å². The van der Waals surface area contributed by atoms with E-state index in [9.17, 15) is 9.90 Å². The third-order valence-electron chi connectivity index (χ3n) is 5.00. The zero-order valence-corrected chi connectivity index (χ0v) is 15.3. The quantitative estimate of drug-likeness (QED) is 0.809. The minimum atomic E-state index is -0.326. The van der Waals surface area contributed by atoms with Crippen LogP contribution in [0.15, 0.2) is 54.6 Å². The van der Waals surface area contributed by atoms with Crippen molar-refractivity contribution in [1.82, 2.24) is 4.90 Å². The lowest BCUT2D eigenvalue weighted by molar-refractivity contribution is 0.0600. The van der Waals surface area contributed by atoms with Gasteiger partial charge in [-0.1, -0.05) is 30.3 Å². The fourth-order valence-corrected chi connectivity index (χ4v) is 3.49. The lowest BCUT2D eigenvalue weighted by atomic mass is 10.0. The standard InChI is InChI=1S/C21H26N2O3/c1-22(18-10-8-17(9-11-18)21(25)26-2)15-20(16-6-4-3-5-7-16)23-13-12-19(24)14-23/h3-11,19-20,24H,12-15H2,1-2H3/t19-,20-/m0/s1. The topological polar surface area (TPSA) is 53.0 Å². The van der Waals surface area contributed by atoms with E-state index in [4.69, 9.17) is 4.74 Å². The van der Waals surface area contributed by atoms with Gasteiger partial charge in [0.2, 0.25) is 0 Å². The Bertz CT molecular complexity index is 718. The SMILES string of the molecule is COC(=O)c1ccc(N(C)C[C@@H](c2ccccc2)N2CC[C@H](O)C2)cc1. The molecule has 1 saturated heterocycles. The van der Waals surface area contributed by atoms with Crippen LogP contribution in [0.25, 0.3) is 0 Å². The number of hydrogen-bond acceptors (Lipinski definition) is 5. The van der Waals surface area contributed by atoms with Crippen LogP contribution in [0, 0.1) is 0 Å². The van der Waals surface area contributed by atoms with Gasteiger partial charge in [0.15, 0.2) is 0 Å². The average molecular weight is 354 g/mol. The number of ether oxygens (including phenoxy) is 1. The number of carbonyl (C=O) groups excluding carboxylic acids is 1. The molecule has 1 aliphatic rings. The Morgan fingerprint density at radius 3 is 2.50 bits per heavy atom. The molecule has 2 aromatic carbocycles. The Morgan fingerprint density at radius 2 is 1.92 bits per heavy atom. The molecular formula is C21H26N2O3. The maximum Gasteiger partial charge on any atom is 0.337 e. The van der Waals surface area contributed by atoms with E-state index in [-0.39, 0.29) is 18.1 Å². The van der Waals surface area contributed by atoms with E-state index in [1.165, 1.54) is 12.7 Å². The molecule has 2 atom stereocenters. The van der Waals surface area contributed by atoms with Crippen molar-refractivity contribution in [2.75, 3.05) is 38.7 Å². The van der Waals surface area contributed by atoms with E-state index in [2.05, 4.69) is 41.1 Å². The summed E-state index contributed by atoms with van der Waals surface area (Å²) in [4.78, 5) is 16.1. The van der Waals surface area contributed by atoms with Gasteiger partial charge in [-0.2, -0.15) is 0 Å². The van der Waals surface area contributed by atoms with Gasteiger partial charge in [0.1, 0.15) is 0 Å². The maximum absolute atomic E-state index is 11.6. The minimum Gasteiger partial charge on any atom is -0.465 e. The normalized spacial score (nSPS) is 18.5. The van der Waals surface area contributed by atoms with Crippen molar-refractivity contribution >= 4 is 11.7 Å². The van der Waals surface area contributed by atoms with Crippen molar-refractivity contribution in [3.05, 3.63) is 65.7 Å². The number of aliphatic hydroxyl groups excluding tert-OH is 1. The van der Waals surface area contributed by atoms with Crippen LogP contribution >= 0.6 is 0 Å². The molecule has 0 spiro atoms. The Balaban J connectivity index is 1.76. The molecule has 0 amide bonds. The predicted molar refractivity (Wildman–Crippen MR) is 102 cm³/mol. The molecule has 0 radical (unpaired) electrons. The molecule has 3 rings (SSSR count). The number of carbonyl (C=O) groups is 1. The lowest BCUT2D eigenvalue weighted by Crippen LogP contribution is -2.36. The molecule has 5 heteroatoms. The predicted octanol–water partition coefficient (Wildman–Crippen LogP) is 2.72. The Kier molecular flexibility index (Phi) is 5.91. The first-order valence-electron chi connectivity index (χ1n) is 8.95. The van der Waals surface area contributed by atoms with E-state index in [0.717, 1.165) is 25.2 Å². The van der Waals surface area contributed by atoms with E-state index in [1.807, 2.05) is 18.2 Å². The first-order valence-corrected chi connectivity index (χ1v) is 8.95. The molecular weight excluding hydrogens is 328 g/mol. The second-order valence-corrected chi connectivity index (χ2v) is 6.78. The van der Waals surface area contributed by atoms with Crippen molar-refractivity contribution < 1.29 is 14.6 Å². The highest BCUT2D eigenvalue weighted by molar-refractivity contribution is 5.89. The van der Waals surface area contributed by atoms with Gasteiger partial charge in [-0.3, -0.25) is 4.90 Å². The number of anilines is 1. The zero-order chi connectivity index (χ0) is 18.5. The first-order chi connectivity index (χ1) is 12.6. The van der Waals surface area contributed by atoms with Gasteiger partial charge >= 0.3 is 5.97 Å². The average Bonchev–Trinajstić information content (AvgIpc) is 3.12. The molecule has 1 N–H and O–H groups in total. The number of likely N-dealkylation sites (N-methyl/N-ethyl adjacent to an activating group) is 1. The molecule has 0 aliphatic carbocycles.